The summed E-state index contributed by atoms with van der Waals surface area (Å²) >= 11 is 0. The van der Waals surface area contributed by atoms with Crippen LogP contribution >= 0.6 is 0 Å². The molecule has 0 spiro atoms. The maximum atomic E-state index is 12.9. The Balaban J connectivity index is 3.37. The van der Waals surface area contributed by atoms with Crippen LogP contribution in [-0.2, 0) is 10.0 Å². The molecule has 5 nitrogen and oxygen atoms in total. The highest BCUT2D eigenvalue weighted by atomic mass is 32.2. The quantitative estimate of drug-likeness (QED) is 0.508. The molecule has 76 valence electrons. The summed E-state index contributed by atoms with van der Waals surface area (Å²) in [6, 6.07) is 2.62. The minimum Gasteiger partial charge on any atom is -0.423 e. The number of benzene rings is 1. The van der Waals surface area contributed by atoms with Gasteiger partial charge in [0.05, 0.1) is 0 Å². The fourth-order valence-corrected chi connectivity index (χ4v) is 1.54. The van der Waals surface area contributed by atoms with Crippen molar-refractivity contribution in [2.45, 2.75) is 4.90 Å². The number of sulfonamides is 1. The molecule has 0 aromatic heterocycles. The minimum atomic E-state index is -4.19. The van der Waals surface area contributed by atoms with Gasteiger partial charge in [-0.15, -0.1) is 0 Å². The zero-order valence-electron chi connectivity index (χ0n) is 6.88. The molecule has 0 unspecified atom stereocenters. The highest BCUT2D eigenvalue weighted by Gasteiger charge is 2.19. The van der Waals surface area contributed by atoms with Gasteiger partial charge < -0.3 is 10.0 Å². The Bertz CT molecular complexity index is 447. The van der Waals surface area contributed by atoms with Crippen LogP contribution in [0.5, 0.6) is 0 Å². The number of hydrogen-bond acceptors (Lipinski definition) is 4. The first-order chi connectivity index (χ1) is 6.32. The monoisotopic (exact) mass is 219 g/mol. The van der Waals surface area contributed by atoms with Crippen molar-refractivity contribution in [3.63, 3.8) is 0 Å². The van der Waals surface area contributed by atoms with Crippen LogP contribution < -0.4 is 10.6 Å². The maximum Gasteiger partial charge on any atom is 0.488 e. The van der Waals surface area contributed by atoms with Gasteiger partial charge in [-0.25, -0.2) is 17.9 Å². The molecule has 1 aromatic carbocycles. The van der Waals surface area contributed by atoms with E-state index in [1.54, 1.807) is 0 Å². The van der Waals surface area contributed by atoms with Crippen molar-refractivity contribution in [3.8, 4) is 0 Å². The molecule has 0 aliphatic rings. The fraction of sp³-hybridized carbons (Fsp3) is 0. The SMILES string of the molecule is NS(=O)(=O)c1cc(B(O)O)ccc1F. The summed E-state index contributed by atoms with van der Waals surface area (Å²) in [7, 11) is -6.05. The van der Waals surface area contributed by atoms with Gasteiger partial charge in [-0.1, -0.05) is 6.07 Å². The highest BCUT2D eigenvalue weighted by molar-refractivity contribution is 7.89. The minimum absolute atomic E-state index is 0.143. The number of nitrogens with two attached hydrogens (primary N) is 1. The number of halogens is 1. The van der Waals surface area contributed by atoms with E-state index in [1.807, 2.05) is 0 Å². The molecule has 1 rings (SSSR count). The first kappa shape index (κ1) is 11.1. The molecule has 0 bridgehead atoms. The average Bonchev–Trinajstić information content (AvgIpc) is 2.02. The molecule has 0 heterocycles. The zero-order valence-corrected chi connectivity index (χ0v) is 7.70. The molecule has 0 saturated carbocycles. The molecule has 1 aromatic rings. The van der Waals surface area contributed by atoms with Crippen molar-refractivity contribution in [1.82, 2.24) is 0 Å². The standard InChI is InChI=1S/C6H7BFNO4S/c8-5-2-1-4(7(10)11)3-6(5)14(9,12)13/h1-3,10-11H,(H2,9,12,13). The van der Waals surface area contributed by atoms with Crippen LogP contribution in [0.3, 0.4) is 0 Å². The van der Waals surface area contributed by atoms with Gasteiger partial charge in [-0.05, 0) is 17.6 Å². The van der Waals surface area contributed by atoms with E-state index in [0.717, 1.165) is 18.2 Å². The number of rotatable bonds is 2. The second kappa shape index (κ2) is 3.66. The van der Waals surface area contributed by atoms with Gasteiger partial charge in [-0.2, -0.15) is 0 Å². The van der Waals surface area contributed by atoms with Crippen molar-refractivity contribution in [3.05, 3.63) is 24.0 Å². The first-order valence-electron chi connectivity index (χ1n) is 3.51. The number of hydrogen-bond donors (Lipinski definition) is 3. The van der Waals surface area contributed by atoms with Gasteiger partial charge in [0.15, 0.2) is 0 Å². The van der Waals surface area contributed by atoms with Crippen LogP contribution in [0, 0.1) is 5.82 Å². The van der Waals surface area contributed by atoms with Crippen LogP contribution in [0.25, 0.3) is 0 Å². The molecule has 0 amide bonds. The first-order valence-corrected chi connectivity index (χ1v) is 5.05. The van der Waals surface area contributed by atoms with Crippen LogP contribution in [0.4, 0.5) is 4.39 Å². The van der Waals surface area contributed by atoms with E-state index < -0.39 is 27.9 Å². The lowest BCUT2D eigenvalue weighted by Crippen LogP contribution is -2.31. The van der Waals surface area contributed by atoms with Gasteiger partial charge >= 0.3 is 7.12 Å². The van der Waals surface area contributed by atoms with Gasteiger partial charge in [0.25, 0.3) is 0 Å². The van der Waals surface area contributed by atoms with Gasteiger partial charge in [0.1, 0.15) is 10.7 Å². The zero-order chi connectivity index (χ0) is 10.9. The summed E-state index contributed by atoms with van der Waals surface area (Å²) < 4.78 is 34.5. The Morgan fingerprint density at radius 2 is 1.93 bits per heavy atom. The summed E-state index contributed by atoms with van der Waals surface area (Å²) in [5.41, 5.74) is -0.143. The smallest absolute Gasteiger partial charge is 0.423 e. The Hall–Kier alpha value is -0.955. The molecule has 0 aliphatic heterocycles. The predicted molar refractivity (Wildman–Crippen MR) is 47.6 cm³/mol. The molecule has 14 heavy (non-hydrogen) atoms. The third kappa shape index (κ3) is 2.29. The Kier molecular flexibility index (Phi) is 2.91. The third-order valence-electron chi connectivity index (χ3n) is 1.56. The van der Waals surface area contributed by atoms with E-state index >= 15 is 0 Å². The molecule has 0 saturated heterocycles. The van der Waals surface area contributed by atoms with Gasteiger partial charge in [-0.3, -0.25) is 0 Å². The molecule has 0 atom stereocenters. The normalized spacial score (nSPS) is 11.4. The topological polar surface area (TPSA) is 101 Å². The van der Waals surface area contributed by atoms with Crippen molar-refractivity contribution in [2.75, 3.05) is 0 Å². The van der Waals surface area contributed by atoms with Crippen molar-refractivity contribution < 1.29 is 22.9 Å². The molecule has 0 fully saturated rings. The lowest BCUT2D eigenvalue weighted by atomic mass is 9.80. The Labute approximate surface area is 80.2 Å². The average molecular weight is 219 g/mol. The highest BCUT2D eigenvalue weighted by Crippen LogP contribution is 2.09. The number of primary sulfonamides is 1. The van der Waals surface area contributed by atoms with Gasteiger partial charge in [0.2, 0.25) is 10.0 Å². The molecule has 0 radical (unpaired) electrons. The lowest BCUT2D eigenvalue weighted by molar-refractivity contribution is 0.425. The van der Waals surface area contributed by atoms with Crippen LogP contribution in [0.1, 0.15) is 0 Å². The van der Waals surface area contributed by atoms with Crippen LogP contribution in [0.2, 0.25) is 0 Å². The molecule has 0 aliphatic carbocycles. The largest absolute Gasteiger partial charge is 0.488 e. The predicted octanol–water partition coefficient (Wildman–Crippen LogP) is -1.85. The van der Waals surface area contributed by atoms with Crippen LogP contribution in [0.15, 0.2) is 23.1 Å². The van der Waals surface area contributed by atoms with E-state index in [4.69, 9.17) is 15.2 Å². The summed E-state index contributed by atoms with van der Waals surface area (Å²) in [5, 5.41) is 22.1. The van der Waals surface area contributed by atoms with E-state index in [1.165, 1.54) is 0 Å². The summed E-state index contributed by atoms with van der Waals surface area (Å²) in [5.74, 6) is -1.03. The van der Waals surface area contributed by atoms with Crippen molar-refractivity contribution in [2.24, 2.45) is 5.14 Å². The Morgan fingerprint density at radius 1 is 1.36 bits per heavy atom. The van der Waals surface area contributed by atoms with Crippen LogP contribution in [-0.4, -0.2) is 25.6 Å². The second-order valence-electron chi connectivity index (χ2n) is 2.61. The molecule has 4 N–H and O–H groups in total. The van der Waals surface area contributed by atoms with Crippen molar-refractivity contribution in [1.29, 1.82) is 0 Å². The Morgan fingerprint density at radius 3 is 2.36 bits per heavy atom. The second-order valence-corrected chi connectivity index (χ2v) is 4.14. The summed E-state index contributed by atoms with van der Waals surface area (Å²) in [6.07, 6.45) is 0. The third-order valence-corrected chi connectivity index (χ3v) is 2.49. The lowest BCUT2D eigenvalue weighted by Gasteiger charge is -2.03. The molecular formula is C6H7BFNO4S. The molecule has 8 heteroatoms. The summed E-state index contributed by atoms with van der Waals surface area (Å²) in [4.78, 5) is -0.761. The van der Waals surface area contributed by atoms with Crippen molar-refractivity contribution >= 4 is 22.6 Å². The maximum absolute atomic E-state index is 12.9. The van der Waals surface area contributed by atoms with E-state index in [2.05, 4.69) is 0 Å². The van der Waals surface area contributed by atoms with Gasteiger partial charge in [0, 0.05) is 0 Å². The van der Waals surface area contributed by atoms with E-state index in [9.17, 15) is 12.8 Å². The fourth-order valence-electron chi connectivity index (χ4n) is 0.899. The molecular weight excluding hydrogens is 212 g/mol. The summed E-state index contributed by atoms with van der Waals surface area (Å²) in [6.45, 7) is 0. The van der Waals surface area contributed by atoms with E-state index in [0.29, 0.717) is 0 Å². The van der Waals surface area contributed by atoms with E-state index in [-0.39, 0.29) is 5.46 Å².